The highest BCUT2D eigenvalue weighted by atomic mass is 16.5. The van der Waals surface area contributed by atoms with Crippen molar-refractivity contribution in [3.8, 4) is 5.75 Å². The molecule has 5 nitrogen and oxygen atoms in total. The monoisotopic (exact) mass is 277 g/mol. The van der Waals surface area contributed by atoms with Crippen LogP contribution in [-0.2, 0) is 16.0 Å². The van der Waals surface area contributed by atoms with Crippen molar-refractivity contribution in [1.29, 1.82) is 0 Å². The molecule has 0 aliphatic heterocycles. The average Bonchev–Trinajstić information content (AvgIpc) is 2.38. The van der Waals surface area contributed by atoms with E-state index in [1.54, 1.807) is 19.2 Å². The lowest BCUT2D eigenvalue weighted by atomic mass is 9.69. The van der Waals surface area contributed by atoms with Gasteiger partial charge in [-0.25, -0.2) is 0 Å². The van der Waals surface area contributed by atoms with Crippen molar-refractivity contribution in [2.75, 3.05) is 13.7 Å². The van der Waals surface area contributed by atoms with Crippen molar-refractivity contribution in [2.45, 2.75) is 25.7 Å². The predicted octanol–water partition coefficient (Wildman–Crippen LogP) is 1.61. The molecule has 0 aromatic heterocycles. The number of rotatable bonds is 6. The van der Waals surface area contributed by atoms with E-state index in [-0.39, 0.29) is 18.9 Å². The van der Waals surface area contributed by atoms with Crippen LogP contribution in [-0.4, -0.2) is 30.6 Å². The number of hydrogen-bond acceptors (Lipinski definition) is 3. The second-order valence-corrected chi connectivity index (χ2v) is 5.24. The fraction of sp³-hybridized carbons (Fsp3) is 0.467. The van der Waals surface area contributed by atoms with Crippen LogP contribution in [0.25, 0.3) is 0 Å². The minimum atomic E-state index is -0.812. The van der Waals surface area contributed by atoms with Gasteiger partial charge in [-0.15, -0.1) is 0 Å². The highest BCUT2D eigenvalue weighted by molar-refractivity contribution is 5.81. The Morgan fingerprint density at radius 2 is 1.95 bits per heavy atom. The van der Waals surface area contributed by atoms with Crippen molar-refractivity contribution in [3.05, 3.63) is 29.8 Å². The first-order chi connectivity index (χ1) is 9.55. The second kappa shape index (κ2) is 5.94. The van der Waals surface area contributed by atoms with Crippen molar-refractivity contribution < 1.29 is 19.4 Å². The third-order valence-electron chi connectivity index (χ3n) is 3.91. The summed E-state index contributed by atoms with van der Waals surface area (Å²) in [6.45, 7) is 0.220. The van der Waals surface area contributed by atoms with Crippen LogP contribution in [0, 0.1) is 5.41 Å². The van der Waals surface area contributed by atoms with Gasteiger partial charge in [-0.3, -0.25) is 9.59 Å². The number of carboxylic acid groups (broad SMARTS) is 1. The van der Waals surface area contributed by atoms with E-state index < -0.39 is 11.4 Å². The minimum absolute atomic E-state index is 0.150. The SMILES string of the molecule is COc1ccc(CC(=O)NCC2(C(=O)O)CCC2)cc1. The van der Waals surface area contributed by atoms with Gasteiger partial charge in [0.2, 0.25) is 5.91 Å². The molecule has 1 aliphatic rings. The molecule has 108 valence electrons. The summed E-state index contributed by atoms with van der Waals surface area (Å²) in [6, 6.07) is 7.25. The van der Waals surface area contributed by atoms with Crippen molar-refractivity contribution in [1.82, 2.24) is 5.32 Å². The van der Waals surface area contributed by atoms with E-state index in [0.29, 0.717) is 12.8 Å². The largest absolute Gasteiger partial charge is 0.497 e. The van der Waals surface area contributed by atoms with Gasteiger partial charge in [0, 0.05) is 6.54 Å². The quantitative estimate of drug-likeness (QED) is 0.828. The minimum Gasteiger partial charge on any atom is -0.497 e. The van der Waals surface area contributed by atoms with E-state index in [9.17, 15) is 14.7 Å². The van der Waals surface area contributed by atoms with Gasteiger partial charge < -0.3 is 15.2 Å². The zero-order valence-corrected chi connectivity index (χ0v) is 11.5. The maximum Gasteiger partial charge on any atom is 0.311 e. The van der Waals surface area contributed by atoms with Gasteiger partial charge in [0.15, 0.2) is 0 Å². The Hall–Kier alpha value is -2.04. The predicted molar refractivity (Wildman–Crippen MR) is 73.6 cm³/mol. The van der Waals surface area contributed by atoms with Gasteiger partial charge in [0.05, 0.1) is 18.9 Å². The standard InChI is InChI=1S/C15H19NO4/c1-20-12-5-3-11(4-6-12)9-13(17)16-10-15(14(18)19)7-2-8-15/h3-6H,2,7-10H2,1H3,(H,16,17)(H,18,19). The van der Waals surface area contributed by atoms with Crippen LogP contribution in [0.15, 0.2) is 24.3 Å². The molecule has 0 unspecified atom stereocenters. The lowest BCUT2D eigenvalue weighted by molar-refractivity contribution is -0.154. The fourth-order valence-corrected chi connectivity index (χ4v) is 2.33. The van der Waals surface area contributed by atoms with E-state index in [2.05, 4.69) is 5.32 Å². The fourth-order valence-electron chi connectivity index (χ4n) is 2.33. The van der Waals surface area contributed by atoms with Gasteiger partial charge in [-0.1, -0.05) is 18.6 Å². The first-order valence-corrected chi connectivity index (χ1v) is 6.69. The number of ether oxygens (including phenoxy) is 1. The molecular formula is C15H19NO4. The molecule has 0 heterocycles. The molecular weight excluding hydrogens is 258 g/mol. The molecule has 1 aromatic carbocycles. The number of benzene rings is 1. The van der Waals surface area contributed by atoms with E-state index in [4.69, 9.17) is 4.74 Å². The summed E-state index contributed by atoms with van der Waals surface area (Å²) in [5.41, 5.74) is 0.136. The number of carbonyl (C=O) groups is 2. The summed E-state index contributed by atoms with van der Waals surface area (Å²) in [5.74, 6) is -0.218. The number of hydrogen-bond donors (Lipinski definition) is 2. The van der Waals surface area contributed by atoms with Gasteiger partial charge in [0.25, 0.3) is 0 Å². The topological polar surface area (TPSA) is 75.6 Å². The van der Waals surface area contributed by atoms with E-state index >= 15 is 0 Å². The molecule has 1 aliphatic carbocycles. The van der Waals surface area contributed by atoms with Crippen LogP contribution >= 0.6 is 0 Å². The second-order valence-electron chi connectivity index (χ2n) is 5.24. The number of nitrogens with one attached hydrogen (secondary N) is 1. The Bertz CT molecular complexity index is 491. The van der Waals surface area contributed by atoms with Crippen molar-refractivity contribution in [2.24, 2.45) is 5.41 Å². The molecule has 2 N–H and O–H groups in total. The van der Waals surface area contributed by atoms with Crippen LogP contribution in [0.4, 0.5) is 0 Å². The Kier molecular flexibility index (Phi) is 4.27. The number of aliphatic carboxylic acids is 1. The van der Waals surface area contributed by atoms with Gasteiger partial charge >= 0.3 is 5.97 Å². The van der Waals surface area contributed by atoms with Gasteiger partial charge in [-0.05, 0) is 30.5 Å². The summed E-state index contributed by atoms with van der Waals surface area (Å²) >= 11 is 0. The molecule has 20 heavy (non-hydrogen) atoms. The molecule has 0 bridgehead atoms. The summed E-state index contributed by atoms with van der Waals surface area (Å²) in [7, 11) is 1.59. The summed E-state index contributed by atoms with van der Waals surface area (Å²) in [6.07, 6.45) is 2.46. The normalized spacial score (nSPS) is 16.1. The molecule has 1 aromatic rings. The smallest absolute Gasteiger partial charge is 0.311 e. The maximum absolute atomic E-state index is 11.8. The third kappa shape index (κ3) is 3.10. The molecule has 0 spiro atoms. The number of carboxylic acids is 1. The van der Waals surface area contributed by atoms with Gasteiger partial charge in [0.1, 0.15) is 5.75 Å². The first-order valence-electron chi connectivity index (χ1n) is 6.69. The maximum atomic E-state index is 11.8. The number of methoxy groups -OCH3 is 1. The highest BCUT2D eigenvalue weighted by Crippen LogP contribution is 2.40. The molecule has 0 atom stereocenters. The van der Waals surface area contributed by atoms with Gasteiger partial charge in [-0.2, -0.15) is 0 Å². The number of carbonyl (C=O) groups excluding carboxylic acids is 1. The Labute approximate surface area is 117 Å². The zero-order valence-electron chi connectivity index (χ0n) is 11.5. The van der Waals surface area contributed by atoms with Crippen LogP contribution in [0.1, 0.15) is 24.8 Å². The Morgan fingerprint density at radius 3 is 2.40 bits per heavy atom. The molecule has 0 radical (unpaired) electrons. The zero-order chi connectivity index (χ0) is 14.6. The molecule has 1 amide bonds. The highest BCUT2D eigenvalue weighted by Gasteiger charge is 2.44. The molecule has 1 saturated carbocycles. The molecule has 0 saturated heterocycles. The van der Waals surface area contributed by atoms with Crippen LogP contribution in [0.5, 0.6) is 5.75 Å². The Balaban J connectivity index is 1.84. The average molecular weight is 277 g/mol. The van der Waals surface area contributed by atoms with Crippen LogP contribution in [0.3, 0.4) is 0 Å². The summed E-state index contributed by atoms with van der Waals surface area (Å²) < 4.78 is 5.05. The summed E-state index contributed by atoms with van der Waals surface area (Å²) in [4.78, 5) is 23.0. The Morgan fingerprint density at radius 1 is 1.30 bits per heavy atom. The van der Waals surface area contributed by atoms with E-state index in [1.165, 1.54) is 0 Å². The first kappa shape index (κ1) is 14.4. The lowest BCUT2D eigenvalue weighted by Gasteiger charge is -2.37. The van der Waals surface area contributed by atoms with E-state index in [0.717, 1.165) is 17.7 Å². The lowest BCUT2D eigenvalue weighted by Crippen LogP contribution is -2.47. The molecule has 2 rings (SSSR count). The van der Waals surface area contributed by atoms with Crippen molar-refractivity contribution >= 4 is 11.9 Å². The third-order valence-corrected chi connectivity index (χ3v) is 3.91. The van der Waals surface area contributed by atoms with E-state index in [1.807, 2.05) is 12.1 Å². The van der Waals surface area contributed by atoms with Crippen LogP contribution < -0.4 is 10.1 Å². The summed E-state index contributed by atoms with van der Waals surface area (Å²) in [5, 5.41) is 11.9. The van der Waals surface area contributed by atoms with Crippen molar-refractivity contribution in [3.63, 3.8) is 0 Å². The van der Waals surface area contributed by atoms with Crippen LogP contribution in [0.2, 0.25) is 0 Å². The number of amides is 1. The molecule has 1 fully saturated rings. The molecule has 5 heteroatoms.